The molecule has 0 aromatic rings. The number of methoxy groups -OCH3 is 2. The second kappa shape index (κ2) is 6.93. The molecule has 0 aromatic heterocycles. The second-order valence-electron chi connectivity index (χ2n) is 4.69. The number of hydrogen-bond acceptors (Lipinski definition) is 4. The molecule has 17 heavy (non-hydrogen) atoms. The summed E-state index contributed by atoms with van der Waals surface area (Å²) in [5.74, 6) is -0.0515. The zero-order valence-electron chi connectivity index (χ0n) is 10.9. The number of hydrogen-bond donors (Lipinski definition) is 2. The van der Waals surface area contributed by atoms with Crippen LogP contribution in [0.25, 0.3) is 0 Å². The van der Waals surface area contributed by atoms with Crippen molar-refractivity contribution in [2.75, 3.05) is 14.2 Å². The first-order valence-corrected chi connectivity index (χ1v) is 6.21. The van der Waals surface area contributed by atoms with Gasteiger partial charge in [0, 0.05) is 20.3 Å². The Morgan fingerprint density at radius 1 is 1.29 bits per heavy atom. The van der Waals surface area contributed by atoms with Crippen LogP contribution in [0.3, 0.4) is 0 Å². The van der Waals surface area contributed by atoms with Crippen molar-refractivity contribution in [1.82, 2.24) is 5.32 Å². The third-order valence-corrected chi connectivity index (χ3v) is 3.40. The minimum atomic E-state index is -0.418. The Kier molecular flexibility index (Phi) is 5.88. The van der Waals surface area contributed by atoms with Gasteiger partial charge in [-0.25, -0.2) is 0 Å². The molecule has 3 N–H and O–H groups in total. The predicted octanol–water partition coefficient (Wildman–Crippen LogP) is 0.628. The number of nitrogens with two attached hydrogens (primary N) is 1. The zero-order valence-corrected chi connectivity index (χ0v) is 10.9. The van der Waals surface area contributed by atoms with E-state index < -0.39 is 6.29 Å². The van der Waals surface area contributed by atoms with E-state index in [1.54, 1.807) is 14.2 Å². The molecule has 0 saturated heterocycles. The van der Waals surface area contributed by atoms with Gasteiger partial charge in [-0.1, -0.05) is 12.8 Å². The molecule has 100 valence electrons. The molecule has 0 radical (unpaired) electrons. The van der Waals surface area contributed by atoms with Crippen LogP contribution in [0.2, 0.25) is 0 Å². The first kappa shape index (κ1) is 14.4. The molecule has 0 heterocycles. The molecule has 3 unspecified atom stereocenters. The molecule has 5 heteroatoms. The Hall–Kier alpha value is -0.650. The molecule has 0 bridgehead atoms. The Balaban J connectivity index is 2.47. The highest BCUT2D eigenvalue weighted by Crippen LogP contribution is 2.23. The number of carbonyl (C=O) groups is 1. The molecule has 1 fully saturated rings. The Labute approximate surface area is 103 Å². The summed E-state index contributed by atoms with van der Waals surface area (Å²) in [7, 11) is 3.12. The Morgan fingerprint density at radius 2 is 1.88 bits per heavy atom. The van der Waals surface area contributed by atoms with Crippen LogP contribution in [0.5, 0.6) is 0 Å². The molecule has 0 spiro atoms. The van der Waals surface area contributed by atoms with Crippen molar-refractivity contribution in [2.45, 2.75) is 51.0 Å². The molecule has 1 rings (SSSR count). The Bertz CT molecular complexity index is 244. The summed E-state index contributed by atoms with van der Waals surface area (Å²) in [6, 6.07) is -0.189. The quantitative estimate of drug-likeness (QED) is 0.696. The van der Waals surface area contributed by atoms with Crippen molar-refractivity contribution in [3.63, 3.8) is 0 Å². The smallest absolute Gasteiger partial charge is 0.225 e. The lowest BCUT2D eigenvalue weighted by Crippen LogP contribution is -2.49. The average molecular weight is 244 g/mol. The van der Waals surface area contributed by atoms with Crippen molar-refractivity contribution < 1.29 is 14.3 Å². The van der Waals surface area contributed by atoms with E-state index in [1.807, 2.05) is 6.92 Å². The van der Waals surface area contributed by atoms with Gasteiger partial charge in [-0.3, -0.25) is 4.79 Å². The van der Waals surface area contributed by atoms with Crippen molar-refractivity contribution in [2.24, 2.45) is 11.7 Å². The zero-order chi connectivity index (χ0) is 12.8. The summed E-state index contributed by atoms with van der Waals surface area (Å²) in [5.41, 5.74) is 5.97. The monoisotopic (exact) mass is 244 g/mol. The molecule has 5 nitrogen and oxygen atoms in total. The third kappa shape index (κ3) is 3.94. The van der Waals surface area contributed by atoms with Gasteiger partial charge in [0.15, 0.2) is 6.29 Å². The molecular weight excluding hydrogens is 220 g/mol. The van der Waals surface area contributed by atoms with Gasteiger partial charge in [0.2, 0.25) is 5.91 Å². The highest BCUT2D eigenvalue weighted by molar-refractivity contribution is 5.79. The van der Waals surface area contributed by atoms with Crippen LogP contribution in [0.4, 0.5) is 0 Å². The van der Waals surface area contributed by atoms with Crippen molar-refractivity contribution in [3.05, 3.63) is 0 Å². The lowest BCUT2D eigenvalue weighted by atomic mass is 9.84. The fraction of sp³-hybridized carbons (Fsp3) is 0.917. The van der Waals surface area contributed by atoms with E-state index >= 15 is 0 Å². The van der Waals surface area contributed by atoms with Crippen molar-refractivity contribution in [1.29, 1.82) is 0 Å². The number of ether oxygens (including phenoxy) is 2. The maximum absolute atomic E-state index is 12.1. The average Bonchev–Trinajstić information content (AvgIpc) is 2.31. The van der Waals surface area contributed by atoms with Gasteiger partial charge in [-0.15, -0.1) is 0 Å². The fourth-order valence-corrected chi connectivity index (χ4v) is 2.39. The van der Waals surface area contributed by atoms with Gasteiger partial charge in [0.05, 0.1) is 12.0 Å². The molecule has 0 aromatic carbocycles. The number of rotatable bonds is 5. The van der Waals surface area contributed by atoms with Gasteiger partial charge in [-0.05, 0) is 19.8 Å². The van der Waals surface area contributed by atoms with E-state index in [9.17, 15) is 4.79 Å². The van der Waals surface area contributed by atoms with E-state index in [-0.39, 0.29) is 23.9 Å². The molecule has 3 atom stereocenters. The van der Waals surface area contributed by atoms with Crippen LogP contribution in [-0.2, 0) is 14.3 Å². The number of nitrogens with one attached hydrogen (secondary N) is 1. The van der Waals surface area contributed by atoms with Gasteiger partial charge >= 0.3 is 0 Å². The largest absolute Gasteiger partial charge is 0.354 e. The van der Waals surface area contributed by atoms with Crippen LogP contribution >= 0.6 is 0 Å². The van der Waals surface area contributed by atoms with E-state index in [4.69, 9.17) is 15.2 Å². The van der Waals surface area contributed by atoms with E-state index in [0.717, 1.165) is 25.7 Å². The highest BCUT2D eigenvalue weighted by atomic mass is 16.7. The first-order chi connectivity index (χ1) is 8.10. The second-order valence-corrected chi connectivity index (χ2v) is 4.69. The highest BCUT2D eigenvalue weighted by Gasteiger charge is 2.30. The topological polar surface area (TPSA) is 73.6 Å². The maximum atomic E-state index is 12.1. The summed E-state index contributed by atoms with van der Waals surface area (Å²) < 4.78 is 10.2. The normalized spacial score (nSPS) is 26.9. The Morgan fingerprint density at radius 3 is 2.41 bits per heavy atom. The first-order valence-electron chi connectivity index (χ1n) is 6.21. The van der Waals surface area contributed by atoms with Crippen LogP contribution in [0, 0.1) is 5.92 Å². The minimum Gasteiger partial charge on any atom is -0.354 e. The minimum absolute atomic E-state index is 0.0144. The lowest BCUT2D eigenvalue weighted by Gasteiger charge is -2.30. The van der Waals surface area contributed by atoms with Crippen LogP contribution in [0.15, 0.2) is 0 Å². The lowest BCUT2D eigenvalue weighted by molar-refractivity contribution is -0.139. The van der Waals surface area contributed by atoms with Crippen molar-refractivity contribution >= 4 is 5.91 Å². The predicted molar refractivity (Wildman–Crippen MR) is 65.3 cm³/mol. The molecule has 1 amide bonds. The van der Waals surface area contributed by atoms with E-state index in [0.29, 0.717) is 0 Å². The van der Waals surface area contributed by atoms with Gasteiger partial charge in [-0.2, -0.15) is 0 Å². The number of carbonyl (C=O) groups excluding carboxylic acids is 1. The summed E-state index contributed by atoms with van der Waals surface area (Å²) in [4.78, 5) is 12.1. The summed E-state index contributed by atoms with van der Waals surface area (Å²) >= 11 is 0. The summed E-state index contributed by atoms with van der Waals surface area (Å²) in [5, 5.41) is 2.91. The SMILES string of the molecule is COC(OC)C(C)NC(=O)C1CCCCC1N. The summed E-state index contributed by atoms with van der Waals surface area (Å²) in [6.45, 7) is 1.86. The molecule has 1 aliphatic carbocycles. The number of amides is 1. The molecule has 1 aliphatic rings. The molecule has 1 saturated carbocycles. The van der Waals surface area contributed by atoms with E-state index in [1.165, 1.54) is 0 Å². The van der Waals surface area contributed by atoms with Gasteiger partial charge < -0.3 is 20.5 Å². The van der Waals surface area contributed by atoms with Crippen molar-refractivity contribution in [3.8, 4) is 0 Å². The summed E-state index contributed by atoms with van der Waals surface area (Å²) in [6.07, 6.45) is 3.60. The third-order valence-electron chi connectivity index (χ3n) is 3.40. The molecule has 0 aliphatic heterocycles. The van der Waals surface area contributed by atoms with E-state index in [2.05, 4.69) is 5.32 Å². The van der Waals surface area contributed by atoms with Crippen LogP contribution in [-0.4, -0.2) is 38.5 Å². The van der Waals surface area contributed by atoms with Gasteiger partial charge in [0.25, 0.3) is 0 Å². The van der Waals surface area contributed by atoms with Crippen LogP contribution < -0.4 is 11.1 Å². The van der Waals surface area contributed by atoms with Gasteiger partial charge in [0.1, 0.15) is 0 Å². The maximum Gasteiger partial charge on any atom is 0.225 e. The fourth-order valence-electron chi connectivity index (χ4n) is 2.39. The van der Waals surface area contributed by atoms with Crippen LogP contribution in [0.1, 0.15) is 32.6 Å². The standard InChI is InChI=1S/C12H24N2O3/c1-8(12(16-2)17-3)14-11(15)9-6-4-5-7-10(9)13/h8-10,12H,4-7,13H2,1-3H3,(H,14,15). The molecular formula is C12H24N2O3.